The lowest BCUT2D eigenvalue weighted by Crippen LogP contribution is -2.55. The normalized spacial score (nSPS) is 34.0. The van der Waals surface area contributed by atoms with E-state index in [4.69, 9.17) is 14.6 Å². The van der Waals surface area contributed by atoms with Gasteiger partial charge in [-0.2, -0.15) is 0 Å². The fraction of sp³-hybridized carbons (Fsp3) is 0.867. The summed E-state index contributed by atoms with van der Waals surface area (Å²) in [7, 11) is 0. The van der Waals surface area contributed by atoms with Crippen molar-refractivity contribution in [3.63, 3.8) is 0 Å². The fourth-order valence-electron chi connectivity index (χ4n) is 1.82. The van der Waals surface area contributed by atoms with Crippen LogP contribution in [0.4, 0.5) is 0 Å². The number of hydrogen-bond acceptors (Lipinski definition) is 8. The number of carbonyl (C=O) groups is 2. The summed E-state index contributed by atoms with van der Waals surface area (Å²) in [5.74, 6) is 0. The number of aliphatic hydroxyl groups excluding tert-OH is 4. The van der Waals surface area contributed by atoms with E-state index in [0.717, 1.165) is 0 Å². The van der Waals surface area contributed by atoms with Gasteiger partial charge in [0.2, 0.25) is 0 Å². The van der Waals surface area contributed by atoms with Gasteiger partial charge < -0.3 is 39.5 Å². The van der Waals surface area contributed by atoms with Gasteiger partial charge in [-0.05, 0) is 27.7 Å². The van der Waals surface area contributed by atoms with Gasteiger partial charge in [0.1, 0.15) is 36.8 Å². The van der Waals surface area contributed by atoms with E-state index >= 15 is 0 Å². The van der Waals surface area contributed by atoms with Crippen LogP contribution in [0.25, 0.3) is 0 Å². The van der Waals surface area contributed by atoms with Crippen LogP contribution in [-0.4, -0.2) is 81.8 Å². The van der Waals surface area contributed by atoms with E-state index in [1.807, 2.05) is 0 Å². The SMILES string of the molecule is C.CC(O[C@@H](C)C=O)C(O)C=O.CC1O[C@@H](C)C(O)C(O)C1O. The maximum absolute atomic E-state index is 10.1. The molecule has 23 heavy (non-hydrogen) atoms. The number of ether oxygens (including phenoxy) is 2. The Hall–Kier alpha value is -0.900. The molecule has 0 radical (unpaired) electrons. The van der Waals surface area contributed by atoms with Crippen molar-refractivity contribution in [3.05, 3.63) is 0 Å². The zero-order valence-electron chi connectivity index (χ0n) is 13.2. The molecule has 6 unspecified atom stereocenters. The largest absolute Gasteiger partial charge is 0.388 e. The molecular weight excluding hydrogens is 308 g/mol. The molecule has 4 N–H and O–H groups in total. The third-order valence-corrected chi connectivity index (χ3v) is 3.33. The maximum atomic E-state index is 10.1. The van der Waals surface area contributed by atoms with Crippen LogP contribution in [0.5, 0.6) is 0 Å². The summed E-state index contributed by atoms with van der Waals surface area (Å²) < 4.78 is 10.0. The van der Waals surface area contributed by atoms with Crippen LogP contribution in [0.3, 0.4) is 0 Å². The predicted molar refractivity (Wildman–Crippen MR) is 82.9 cm³/mol. The average molecular weight is 338 g/mol. The molecule has 0 aromatic rings. The van der Waals surface area contributed by atoms with Gasteiger partial charge in [-0.1, -0.05) is 7.43 Å². The maximum Gasteiger partial charge on any atom is 0.151 e. The number of rotatable bonds is 5. The minimum atomic E-state index is -1.16. The lowest BCUT2D eigenvalue weighted by atomic mass is 9.97. The van der Waals surface area contributed by atoms with E-state index < -0.39 is 48.8 Å². The van der Waals surface area contributed by atoms with Crippen LogP contribution in [0.15, 0.2) is 0 Å². The number of carbonyl (C=O) groups excluding carboxylic acids is 2. The van der Waals surface area contributed by atoms with Crippen LogP contribution < -0.4 is 0 Å². The van der Waals surface area contributed by atoms with Crippen molar-refractivity contribution >= 4 is 12.6 Å². The molecule has 0 aromatic heterocycles. The van der Waals surface area contributed by atoms with Crippen molar-refractivity contribution in [2.45, 2.75) is 84.0 Å². The summed E-state index contributed by atoms with van der Waals surface area (Å²) >= 11 is 0. The quantitative estimate of drug-likeness (QED) is 0.472. The Labute approximate surface area is 137 Å². The molecule has 8 heteroatoms. The molecule has 138 valence electrons. The molecule has 1 aliphatic heterocycles. The third-order valence-electron chi connectivity index (χ3n) is 3.33. The first-order valence-electron chi connectivity index (χ1n) is 7.09. The van der Waals surface area contributed by atoms with Gasteiger partial charge in [0.15, 0.2) is 6.29 Å². The summed E-state index contributed by atoms with van der Waals surface area (Å²) in [6.07, 6.45) is -5.27. The number of aldehydes is 2. The molecule has 8 atom stereocenters. The van der Waals surface area contributed by atoms with Crippen LogP contribution in [0, 0.1) is 0 Å². The van der Waals surface area contributed by atoms with Crippen molar-refractivity contribution in [2.24, 2.45) is 0 Å². The first-order chi connectivity index (χ1) is 10.1. The van der Waals surface area contributed by atoms with Crippen LogP contribution in [0.2, 0.25) is 0 Å². The molecule has 1 fully saturated rings. The first-order valence-corrected chi connectivity index (χ1v) is 7.09. The number of hydrogen-bond donors (Lipinski definition) is 4. The summed E-state index contributed by atoms with van der Waals surface area (Å²) in [5.41, 5.74) is 0. The highest BCUT2D eigenvalue weighted by Crippen LogP contribution is 2.19. The van der Waals surface area contributed by atoms with Crippen molar-refractivity contribution in [2.75, 3.05) is 0 Å². The van der Waals surface area contributed by atoms with Crippen molar-refractivity contribution < 1.29 is 39.5 Å². The van der Waals surface area contributed by atoms with Gasteiger partial charge >= 0.3 is 0 Å². The molecule has 0 bridgehead atoms. The zero-order valence-corrected chi connectivity index (χ0v) is 13.2. The van der Waals surface area contributed by atoms with Gasteiger partial charge in [-0.3, -0.25) is 0 Å². The molecule has 1 heterocycles. The van der Waals surface area contributed by atoms with E-state index in [2.05, 4.69) is 0 Å². The first kappa shape index (κ1) is 24.4. The number of aliphatic hydroxyl groups is 4. The average Bonchev–Trinajstić information content (AvgIpc) is 2.50. The molecule has 1 rings (SSSR count). The standard InChI is InChI=1S/C7H14O4.C7H12O4.CH4/c1-3-5(8)7(10)6(9)4(2)11-3;1-5(3-8)11-6(2)7(10)4-9;/h3-10H,1-2H3;3-7,10H,1-2H3;1H4/t3-,4?,5?,6?,7?;5-,6?,7?;/m00./s1. The molecular formula is C15H30O8. The van der Waals surface area contributed by atoms with Crippen LogP contribution in [0.1, 0.15) is 35.1 Å². The fourth-order valence-corrected chi connectivity index (χ4v) is 1.82. The smallest absolute Gasteiger partial charge is 0.151 e. The Morgan fingerprint density at radius 1 is 0.957 bits per heavy atom. The topological polar surface area (TPSA) is 134 Å². The van der Waals surface area contributed by atoms with Crippen molar-refractivity contribution in [1.82, 2.24) is 0 Å². The molecule has 1 saturated heterocycles. The van der Waals surface area contributed by atoms with E-state index in [0.29, 0.717) is 12.6 Å². The minimum Gasteiger partial charge on any atom is -0.388 e. The highest BCUT2D eigenvalue weighted by molar-refractivity contribution is 5.57. The molecule has 0 aromatic carbocycles. The zero-order chi connectivity index (χ0) is 17.4. The third kappa shape index (κ3) is 7.96. The summed E-state index contributed by atoms with van der Waals surface area (Å²) in [6.45, 7) is 6.40. The molecule has 8 nitrogen and oxygen atoms in total. The lowest BCUT2D eigenvalue weighted by Gasteiger charge is -2.37. The molecule has 0 aliphatic carbocycles. The van der Waals surface area contributed by atoms with Gasteiger partial charge in [0.05, 0.1) is 18.3 Å². The van der Waals surface area contributed by atoms with Crippen LogP contribution in [-0.2, 0) is 19.1 Å². The van der Waals surface area contributed by atoms with Gasteiger partial charge in [0, 0.05) is 0 Å². The van der Waals surface area contributed by atoms with Gasteiger partial charge in [0.25, 0.3) is 0 Å². The van der Waals surface area contributed by atoms with Crippen molar-refractivity contribution in [3.8, 4) is 0 Å². The summed E-state index contributed by atoms with van der Waals surface area (Å²) in [6, 6.07) is 0. The summed E-state index contributed by atoms with van der Waals surface area (Å²) in [5, 5.41) is 36.5. The Morgan fingerprint density at radius 3 is 1.74 bits per heavy atom. The van der Waals surface area contributed by atoms with E-state index in [1.54, 1.807) is 20.8 Å². The highest BCUT2D eigenvalue weighted by Gasteiger charge is 2.39. The molecule has 1 aliphatic rings. The van der Waals surface area contributed by atoms with Crippen molar-refractivity contribution in [1.29, 1.82) is 0 Å². The second-order valence-electron chi connectivity index (χ2n) is 5.33. The predicted octanol–water partition coefficient (Wildman–Crippen LogP) is -0.949. The van der Waals surface area contributed by atoms with E-state index in [9.17, 15) is 24.9 Å². The minimum absolute atomic E-state index is 0. The molecule has 0 saturated carbocycles. The summed E-state index contributed by atoms with van der Waals surface area (Å²) in [4.78, 5) is 20.1. The second-order valence-corrected chi connectivity index (χ2v) is 5.33. The van der Waals surface area contributed by atoms with E-state index in [-0.39, 0.29) is 7.43 Å². The molecule has 0 spiro atoms. The van der Waals surface area contributed by atoms with Gasteiger partial charge in [-0.25, -0.2) is 0 Å². The van der Waals surface area contributed by atoms with Gasteiger partial charge in [-0.15, -0.1) is 0 Å². The van der Waals surface area contributed by atoms with E-state index in [1.165, 1.54) is 6.92 Å². The van der Waals surface area contributed by atoms with Crippen LogP contribution >= 0.6 is 0 Å². The lowest BCUT2D eigenvalue weighted by molar-refractivity contribution is -0.211. The Bertz CT molecular complexity index is 323. The highest BCUT2D eigenvalue weighted by atomic mass is 16.5. The Balaban J connectivity index is 0. The second kappa shape index (κ2) is 11.6. The Morgan fingerprint density at radius 2 is 1.39 bits per heavy atom. The Kier molecular flexibility index (Phi) is 12.3. The monoisotopic (exact) mass is 338 g/mol. The molecule has 0 amide bonds.